The van der Waals surface area contributed by atoms with Gasteiger partial charge in [-0.3, -0.25) is 0 Å². The van der Waals surface area contributed by atoms with Gasteiger partial charge in [-0.15, -0.1) is 0 Å². The number of rotatable bonds is 1. The summed E-state index contributed by atoms with van der Waals surface area (Å²) in [5.41, 5.74) is 10.4. The van der Waals surface area contributed by atoms with Gasteiger partial charge in [-0.25, -0.2) is 0 Å². The summed E-state index contributed by atoms with van der Waals surface area (Å²) >= 11 is 0. The van der Waals surface area contributed by atoms with E-state index in [0.717, 1.165) is 12.8 Å². The molecule has 0 aliphatic heterocycles. The van der Waals surface area contributed by atoms with Gasteiger partial charge in [0, 0.05) is 23.9 Å². The number of aromatic amines is 1. The van der Waals surface area contributed by atoms with Crippen molar-refractivity contribution in [3.05, 3.63) is 59.4 Å². The van der Waals surface area contributed by atoms with Gasteiger partial charge in [-0.2, -0.15) is 0 Å². The zero-order valence-corrected chi connectivity index (χ0v) is 9.19. The summed E-state index contributed by atoms with van der Waals surface area (Å²) in [6, 6.07) is 13.0. The van der Waals surface area contributed by atoms with Crippen molar-refractivity contribution in [1.29, 1.82) is 0 Å². The molecule has 0 spiro atoms. The molecule has 16 heavy (non-hydrogen) atoms. The van der Waals surface area contributed by atoms with Crippen molar-refractivity contribution >= 4 is 0 Å². The molecule has 2 nitrogen and oxygen atoms in total. The van der Waals surface area contributed by atoms with Gasteiger partial charge in [-0.1, -0.05) is 30.3 Å². The van der Waals surface area contributed by atoms with Crippen LogP contribution in [0.1, 0.15) is 22.7 Å². The zero-order valence-electron chi connectivity index (χ0n) is 9.19. The Bertz CT molecular complexity index is 472. The SMILES string of the molecule is NC1Cc2cc[nH]c2CC1c1ccccc1. The third kappa shape index (κ3) is 1.55. The van der Waals surface area contributed by atoms with Gasteiger partial charge in [0.2, 0.25) is 0 Å². The molecule has 0 amide bonds. The lowest BCUT2D eigenvalue weighted by atomic mass is 9.80. The highest BCUT2D eigenvalue weighted by atomic mass is 14.7. The Kier molecular flexibility index (Phi) is 2.29. The van der Waals surface area contributed by atoms with E-state index in [1.165, 1.54) is 16.8 Å². The van der Waals surface area contributed by atoms with E-state index in [4.69, 9.17) is 5.73 Å². The number of hydrogen-bond acceptors (Lipinski definition) is 1. The van der Waals surface area contributed by atoms with Gasteiger partial charge >= 0.3 is 0 Å². The van der Waals surface area contributed by atoms with Crippen LogP contribution < -0.4 is 5.73 Å². The fourth-order valence-electron chi connectivity index (χ4n) is 2.65. The first kappa shape index (κ1) is 9.67. The number of aromatic nitrogens is 1. The second-order valence-electron chi connectivity index (χ2n) is 4.57. The van der Waals surface area contributed by atoms with E-state index in [-0.39, 0.29) is 6.04 Å². The van der Waals surface area contributed by atoms with Crippen LogP contribution in [0.4, 0.5) is 0 Å². The van der Waals surface area contributed by atoms with Crippen LogP contribution in [0, 0.1) is 0 Å². The molecule has 0 saturated heterocycles. The Hall–Kier alpha value is -1.54. The van der Waals surface area contributed by atoms with Crippen LogP contribution in [0.5, 0.6) is 0 Å². The smallest absolute Gasteiger partial charge is 0.0186 e. The maximum atomic E-state index is 6.27. The maximum Gasteiger partial charge on any atom is 0.0186 e. The molecule has 2 atom stereocenters. The first-order chi connectivity index (χ1) is 7.84. The first-order valence-corrected chi connectivity index (χ1v) is 5.80. The molecule has 1 aliphatic rings. The molecule has 1 aliphatic carbocycles. The van der Waals surface area contributed by atoms with Crippen molar-refractivity contribution in [3.63, 3.8) is 0 Å². The third-order valence-electron chi connectivity index (χ3n) is 3.55. The van der Waals surface area contributed by atoms with Crippen LogP contribution in [0.3, 0.4) is 0 Å². The number of nitrogens with one attached hydrogen (secondary N) is 1. The Morgan fingerprint density at radius 2 is 1.88 bits per heavy atom. The van der Waals surface area contributed by atoms with E-state index < -0.39 is 0 Å². The number of nitrogens with two attached hydrogens (primary N) is 1. The molecule has 1 aromatic carbocycles. The van der Waals surface area contributed by atoms with E-state index in [0.29, 0.717) is 5.92 Å². The Morgan fingerprint density at radius 3 is 2.69 bits per heavy atom. The lowest BCUT2D eigenvalue weighted by molar-refractivity contribution is 0.493. The zero-order chi connectivity index (χ0) is 11.0. The molecular weight excluding hydrogens is 196 g/mol. The van der Waals surface area contributed by atoms with Crippen LogP contribution in [-0.4, -0.2) is 11.0 Å². The summed E-state index contributed by atoms with van der Waals surface area (Å²) < 4.78 is 0. The number of benzene rings is 1. The molecule has 0 radical (unpaired) electrons. The van der Waals surface area contributed by atoms with Crippen molar-refractivity contribution in [3.8, 4) is 0 Å². The summed E-state index contributed by atoms with van der Waals surface area (Å²) in [7, 11) is 0. The summed E-state index contributed by atoms with van der Waals surface area (Å²) in [5, 5.41) is 0. The summed E-state index contributed by atoms with van der Waals surface area (Å²) in [5.74, 6) is 0.451. The van der Waals surface area contributed by atoms with Crippen molar-refractivity contribution in [2.75, 3.05) is 0 Å². The largest absolute Gasteiger partial charge is 0.365 e. The molecule has 2 unspecified atom stereocenters. The number of H-pyrrole nitrogens is 1. The minimum atomic E-state index is 0.241. The van der Waals surface area contributed by atoms with E-state index in [2.05, 4.69) is 41.4 Å². The Labute approximate surface area is 95.5 Å². The molecule has 0 fully saturated rings. The van der Waals surface area contributed by atoms with E-state index in [1.54, 1.807) is 0 Å². The third-order valence-corrected chi connectivity index (χ3v) is 3.55. The molecule has 1 aromatic heterocycles. The average Bonchev–Trinajstić information content (AvgIpc) is 2.76. The van der Waals surface area contributed by atoms with Gasteiger partial charge in [0.15, 0.2) is 0 Å². The highest BCUT2D eigenvalue weighted by molar-refractivity contribution is 5.32. The number of hydrogen-bond donors (Lipinski definition) is 2. The predicted molar refractivity (Wildman–Crippen MR) is 65.4 cm³/mol. The van der Waals surface area contributed by atoms with E-state index in [9.17, 15) is 0 Å². The molecule has 0 saturated carbocycles. The predicted octanol–water partition coefficient (Wildman–Crippen LogP) is 2.22. The lowest BCUT2D eigenvalue weighted by Gasteiger charge is -2.29. The summed E-state index contributed by atoms with van der Waals surface area (Å²) in [4.78, 5) is 3.32. The molecule has 2 heteroatoms. The second kappa shape index (κ2) is 3.80. The average molecular weight is 212 g/mol. The quantitative estimate of drug-likeness (QED) is 0.747. The fourth-order valence-corrected chi connectivity index (χ4v) is 2.65. The molecular formula is C14H16N2. The van der Waals surface area contributed by atoms with Gasteiger partial charge < -0.3 is 10.7 Å². The van der Waals surface area contributed by atoms with Crippen molar-refractivity contribution in [2.24, 2.45) is 5.73 Å². The lowest BCUT2D eigenvalue weighted by Crippen LogP contribution is -2.35. The molecule has 3 N–H and O–H groups in total. The molecule has 2 aromatic rings. The molecule has 3 rings (SSSR count). The minimum absolute atomic E-state index is 0.241. The van der Waals surface area contributed by atoms with Crippen molar-refractivity contribution < 1.29 is 0 Å². The molecule has 1 heterocycles. The van der Waals surface area contributed by atoms with Crippen LogP contribution in [0.2, 0.25) is 0 Å². The van der Waals surface area contributed by atoms with E-state index in [1.807, 2.05) is 6.20 Å². The van der Waals surface area contributed by atoms with Crippen LogP contribution in [0.25, 0.3) is 0 Å². The standard InChI is InChI=1S/C14H16N2/c15-13-8-11-6-7-16-14(11)9-12(13)10-4-2-1-3-5-10/h1-7,12-13,16H,8-9,15H2. The monoisotopic (exact) mass is 212 g/mol. The highest BCUT2D eigenvalue weighted by Gasteiger charge is 2.27. The highest BCUT2D eigenvalue weighted by Crippen LogP contribution is 2.31. The number of fused-ring (bicyclic) bond motifs is 1. The summed E-state index contributed by atoms with van der Waals surface area (Å²) in [6.45, 7) is 0. The van der Waals surface area contributed by atoms with E-state index >= 15 is 0 Å². The van der Waals surface area contributed by atoms with Gasteiger partial charge in [0.25, 0.3) is 0 Å². The van der Waals surface area contributed by atoms with Crippen LogP contribution in [-0.2, 0) is 12.8 Å². The molecule has 82 valence electrons. The summed E-state index contributed by atoms with van der Waals surface area (Å²) in [6.07, 6.45) is 4.04. The van der Waals surface area contributed by atoms with Gasteiger partial charge in [0.05, 0.1) is 0 Å². The first-order valence-electron chi connectivity index (χ1n) is 5.80. The van der Waals surface area contributed by atoms with Gasteiger partial charge in [-0.05, 0) is 30.0 Å². The fraction of sp³-hybridized carbons (Fsp3) is 0.286. The van der Waals surface area contributed by atoms with Crippen molar-refractivity contribution in [1.82, 2.24) is 4.98 Å². The van der Waals surface area contributed by atoms with Crippen LogP contribution in [0.15, 0.2) is 42.6 Å². The topological polar surface area (TPSA) is 41.8 Å². The Morgan fingerprint density at radius 1 is 1.06 bits per heavy atom. The maximum absolute atomic E-state index is 6.27. The Balaban J connectivity index is 1.94. The minimum Gasteiger partial charge on any atom is -0.365 e. The van der Waals surface area contributed by atoms with Crippen LogP contribution >= 0.6 is 0 Å². The molecule has 0 bridgehead atoms. The van der Waals surface area contributed by atoms with Crippen molar-refractivity contribution in [2.45, 2.75) is 24.8 Å². The normalized spacial score (nSPS) is 24.1. The second-order valence-corrected chi connectivity index (χ2v) is 4.57. The van der Waals surface area contributed by atoms with Gasteiger partial charge in [0.1, 0.15) is 0 Å².